The molecular formula is C17H13ClF2O3. The average Bonchev–Trinajstić information content (AvgIpc) is 2.48. The number of carbonyl (C=O) groups excluding carboxylic acids is 1. The molecule has 0 aromatic heterocycles. The molecule has 0 bridgehead atoms. The van der Waals surface area contributed by atoms with Crippen LogP contribution in [-0.4, -0.2) is 12.6 Å². The molecule has 0 fully saturated rings. The highest BCUT2D eigenvalue weighted by Crippen LogP contribution is 2.21. The summed E-state index contributed by atoms with van der Waals surface area (Å²) in [7, 11) is 0. The van der Waals surface area contributed by atoms with E-state index in [-0.39, 0.29) is 17.9 Å². The summed E-state index contributed by atoms with van der Waals surface area (Å²) in [6.07, 6.45) is 1.09. The van der Waals surface area contributed by atoms with E-state index in [4.69, 9.17) is 21.1 Å². The highest BCUT2D eigenvalue weighted by Gasteiger charge is 2.14. The summed E-state index contributed by atoms with van der Waals surface area (Å²) in [5.74, 6) is -2.25. The Morgan fingerprint density at radius 1 is 1.13 bits per heavy atom. The maximum atomic E-state index is 13.2. The molecule has 2 aromatic carbocycles. The summed E-state index contributed by atoms with van der Waals surface area (Å²) in [4.78, 5) is 12.0. The third-order valence-corrected chi connectivity index (χ3v) is 3.05. The summed E-state index contributed by atoms with van der Waals surface area (Å²) in [6.45, 7) is 1.85. The second kappa shape index (κ2) is 7.74. The van der Waals surface area contributed by atoms with E-state index in [1.54, 1.807) is 31.2 Å². The first-order valence-corrected chi connectivity index (χ1v) is 7.13. The molecule has 0 amide bonds. The Morgan fingerprint density at radius 3 is 2.30 bits per heavy atom. The average molecular weight is 339 g/mol. The third-order valence-electron chi connectivity index (χ3n) is 2.80. The molecule has 0 radical (unpaired) electrons. The Balaban J connectivity index is 2.32. The fourth-order valence-corrected chi connectivity index (χ4v) is 1.92. The van der Waals surface area contributed by atoms with Crippen LogP contribution in [0.1, 0.15) is 12.5 Å². The predicted molar refractivity (Wildman–Crippen MR) is 83.0 cm³/mol. The van der Waals surface area contributed by atoms with Crippen LogP contribution in [0.4, 0.5) is 8.78 Å². The molecular weight excluding hydrogens is 326 g/mol. The summed E-state index contributed by atoms with van der Waals surface area (Å²) in [6, 6.07) is 9.16. The third kappa shape index (κ3) is 4.79. The van der Waals surface area contributed by atoms with Gasteiger partial charge in [0.2, 0.25) is 0 Å². The van der Waals surface area contributed by atoms with Gasteiger partial charge in [0.25, 0.3) is 0 Å². The molecule has 0 aliphatic rings. The molecule has 23 heavy (non-hydrogen) atoms. The molecule has 3 nitrogen and oxygen atoms in total. The lowest BCUT2D eigenvalue weighted by atomic mass is 10.1. The first-order valence-electron chi connectivity index (χ1n) is 6.75. The topological polar surface area (TPSA) is 35.5 Å². The second-order valence-electron chi connectivity index (χ2n) is 4.48. The highest BCUT2D eigenvalue weighted by atomic mass is 35.5. The minimum absolute atomic E-state index is 0.0711. The Kier molecular flexibility index (Phi) is 5.71. The SMILES string of the molecule is CCOC(=O)/C(=C\Oc1cc(F)cc(F)c1)c1ccc(Cl)cc1. The van der Waals surface area contributed by atoms with E-state index < -0.39 is 17.6 Å². The van der Waals surface area contributed by atoms with Gasteiger partial charge < -0.3 is 9.47 Å². The van der Waals surface area contributed by atoms with Crippen LogP contribution in [0.3, 0.4) is 0 Å². The fraction of sp³-hybridized carbons (Fsp3) is 0.118. The van der Waals surface area contributed by atoms with Gasteiger partial charge in [-0.3, -0.25) is 0 Å². The molecule has 0 heterocycles. The number of hydrogen-bond donors (Lipinski definition) is 0. The van der Waals surface area contributed by atoms with Crippen LogP contribution < -0.4 is 4.74 Å². The normalized spacial score (nSPS) is 11.2. The van der Waals surface area contributed by atoms with E-state index in [0.717, 1.165) is 24.5 Å². The molecule has 120 valence electrons. The molecule has 2 aromatic rings. The van der Waals surface area contributed by atoms with Gasteiger partial charge in [-0.15, -0.1) is 0 Å². The van der Waals surface area contributed by atoms with Crippen LogP contribution in [0.15, 0.2) is 48.7 Å². The van der Waals surface area contributed by atoms with Gasteiger partial charge in [-0.25, -0.2) is 13.6 Å². The van der Waals surface area contributed by atoms with E-state index in [2.05, 4.69) is 0 Å². The van der Waals surface area contributed by atoms with Gasteiger partial charge in [-0.1, -0.05) is 23.7 Å². The molecule has 0 saturated heterocycles. The molecule has 0 N–H and O–H groups in total. The van der Waals surface area contributed by atoms with Gasteiger partial charge in [0.05, 0.1) is 6.61 Å². The van der Waals surface area contributed by atoms with E-state index in [1.807, 2.05) is 0 Å². The summed E-state index contributed by atoms with van der Waals surface area (Å²) >= 11 is 5.81. The smallest absolute Gasteiger partial charge is 0.341 e. The predicted octanol–water partition coefficient (Wildman–Crippen LogP) is 4.60. The zero-order chi connectivity index (χ0) is 16.8. The zero-order valence-electron chi connectivity index (χ0n) is 12.2. The van der Waals surface area contributed by atoms with Crippen LogP contribution in [-0.2, 0) is 9.53 Å². The van der Waals surface area contributed by atoms with E-state index >= 15 is 0 Å². The quantitative estimate of drug-likeness (QED) is 0.454. The maximum absolute atomic E-state index is 13.2. The van der Waals surface area contributed by atoms with Crippen molar-refractivity contribution in [1.29, 1.82) is 0 Å². The van der Waals surface area contributed by atoms with Gasteiger partial charge >= 0.3 is 5.97 Å². The van der Waals surface area contributed by atoms with Crippen molar-refractivity contribution in [1.82, 2.24) is 0 Å². The first kappa shape index (κ1) is 17.0. The van der Waals surface area contributed by atoms with Gasteiger partial charge in [0.15, 0.2) is 0 Å². The lowest BCUT2D eigenvalue weighted by Gasteiger charge is -2.08. The number of benzene rings is 2. The monoisotopic (exact) mass is 338 g/mol. The van der Waals surface area contributed by atoms with Crippen molar-refractivity contribution in [3.8, 4) is 5.75 Å². The van der Waals surface area contributed by atoms with Gasteiger partial charge in [-0.05, 0) is 24.6 Å². The Labute approximate surface area is 137 Å². The standard InChI is InChI=1S/C17H13ClF2O3/c1-2-22-17(21)16(11-3-5-12(18)6-4-11)10-23-15-8-13(19)7-14(20)9-15/h3-10H,2H2,1H3/b16-10-. The van der Waals surface area contributed by atoms with Crippen LogP contribution in [0.25, 0.3) is 5.57 Å². The van der Waals surface area contributed by atoms with Crippen molar-refractivity contribution in [3.05, 3.63) is 70.9 Å². The number of hydrogen-bond acceptors (Lipinski definition) is 3. The molecule has 2 rings (SSSR count). The van der Waals surface area contributed by atoms with Crippen molar-refractivity contribution in [2.24, 2.45) is 0 Å². The van der Waals surface area contributed by atoms with Gasteiger partial charge in [0, 0.05) is 23.2 Å². The molecule has 6 heteroatoms. The minimum Gasteiger partial charge on any atom is -0.464 e. The summed E-state index contributed by atoms with van der Waals surface area (Å²) in [5.41, 5.74) is 0.609. The molecule has 0 spiro atoms. The van der Waals surface area contributed by atoms with Gasteiger partial charge in [-0.2, -0.15) is 0 Å². The van der Waals surface area contributed by atoms with Crippen molar-refractivity contribution in [2.45, 2.75) is 6.92 Å². The highest BCUT2D eigenvalue weighted by molar-refractivity contribution is 6.30. The van der Waals surface area contributed by atoms with E-state index in [9.17, 15) is 13.6 Å². The molecule has 0 aliphatic carbocycles. The Morgan fingerprint density at radius 2 is 1.74 bits per heavy atom. The molecule has 0 aliphatic heterocycles. The van der Waals surface area contributed by atoms with Crippen LogP contribution in [0.2, 0.25) is 5.02 Å². The van der Waals surface area contributed by atoms with Crippen molar-refractivity contribution in [2.75, 3.05) is 6.61 Å². The van der Waals surface area contributed by atoms with Crippen LogP contribution >= 0.6 is 11.6 Å². The second-order valence-corrected chi connectivity index (χ2v) is 4.92. The van der Waals surface area contributed by atoms with Crippen molar-refractivity contribution < 1.29 is 23.0 Å². The lowest BCUT2D eigenvalue weighted by Crippen LogP contribution is -2.08. The lowest BCUT2D eigenvalue weighted by molar-refractivity contribution is -0.136. The first-order chi connectivity index (χ1) is 11.0. The Hall–Kier alpha value is -2.40. The van der Waals surface area contributed by atoms with Crippen molar-refractivity contribution >= 4 is 23.1 Å². The summed E-state index contributed by atoms with van der Waals surface area (Å²) in [5, 5.41) is 0.505. The van der Waals surface area contributed by atoms with Crippen LogP contribution in [0, 0.1) is 11.6 Å². The van der Waals surface area contributed by atoms with E-state index in [0.29, 0.717) is 10.6 Å². The fourth-order valence-electron chi connectivity index (χ4n) is 1.80. The van der Waals surface area contributed by atoms with E-state index in [1.165, 1.54) is 0 Å². The van der Waals surface area contributed by atoms with Crippen LogP contribution in [0.5, 0.6) is 5.75 Å². The number of rotatable bonds is 5. The largest absolute Gasteiger partial charge is 0.464 e. The minimum atomic E-state index is -0.780. The molecule has 0 atom stereocenters. The number of ether oxygens (including phenoxy) is 2. The van der Waals surface area contributed by atoms with Crippen molar-refractivity contribution in [3.63, 3.8) is 0 Å². The maximum Gasteiger partial charge on any atom is 0.341 e. The molecule has 0 unspecified atom stereocenters. The Bertz CT molecular complexity index is 707. The zero-order valence-corrected chi connectivity index (χ0v) is 12.9. The van der Waals surface area contributed by atoms with Gasteiger partial charge in [0.1, 0.15) is 29.2 Å². The summed E-state index contributed by atoms with van der Waals surface area (Å²) < 4.78 is 36.5. The molecule has 0 saturated carbocycles. The number of esters is 1. The number of halogens is 3. The number of carbonyl (C=O) groups is 1.